The number of pyridine rings is 1. The van der Waals surface area contributed by atoms with E-state index in [-0.39, 0.29) is 0 Å². The molecule has 162 valence electrons. The maximum absolute atomic E-state index is 6.36. The Hall–Kier alpha value is -2.71. The van der Waals surface area contributed by atoms with Gasteiger partial charge in [0.05, 0.1) is 5.69 Å². The minimum Gasteiger partial charge on any atom is -0.382 e. The fourth-order valence-corrected chi connectivity index (χ4v) is 4.92. The quantitative estimate of drug-likeness (QED) is 0.330. The van der Waals surface area contributed by atoms with E-state index >= 15 is 0 Å². The first kappa shape index (κ1) is 20.2. The van der Waals surface area contributed by atoms with Crippen molar-refractivity contribution in [2.75, 3.05) is 12.3 Å². The molecule has 0 amide bonds. The van der Waals surface area contributed by atoms with Gasteiger partial charge >= 0.3 is 0 Å². The Balaban J connectivity index is 1.61. The van der Waals surface area contributed by atoms with Gasteiger partial charge in [0.15, 0.2) is 0 Å². The van der Waals surface area contributed by atoms with Crippen LogP contribution in [0.25, 0.3) is 27.9 Å². The van der Waals surface area contributed by atoms with Crippen molar-refractivity contribution >= 4 is 30.4 Å². The molecule has 7 nitrogen and oxygen atoms in total. The van der Waals surface area contributed by atoms with E-state index in [1.165, 1.54) is 19.3 Å². The summed E-state index contributed by atoms with van der Waals surface area (Å²) < 4.78 is 10.4. The molecule has 1 aliphatic rings. The van der Waals surface area contributed by atoms with Gasteiger partial charge in [-0.1, -0.05) is 26.1 Å². The van der Waals surface area contributed by atoms with E-state index in [1.807, 2.05) is 18.5 Å². The van der Waals surface area contributed by atoms with Gasteiger partial charge in [-0.2, -0.15) is 0 Å². The van der Waals surface area contributed by atoms with Crippen LogP contribution in [0.1, 0.15) is 31.0 Å². The average molecular weight is 435 g/mol. The molecule has 0 aliphatic heterocycles. The molecule has 1 saturated carbocycles. The summed E-state index contributed by atoms with van der Waals surface area (Å²) in [5.74, 6) is 2.06. The van der Waals surface area contributed by atoms with Crippen LogP contribution in [0.3, 0.4) is 0 Å². The Morgan fingerprint density at radius 3 is 2.77 bits per heavy atom. The Labute approximate surface area is 183 Å². The minimum atomic E-state index is -1.15. The van der Waals surface area contributed by atoms with Crippen LogP contribution in [0.15, 0.2) is 36.8 Å². The van der Waals surface area contributed by atoms with Crippen molar-refractivity contribution in [1.29, 1.82) is 0 Å². The monoisotopic (exact) mass is 434 g/mol. The third-order valence-electron chi connectivity index (χ3n) is 6.20. The first-order valence-corrected chi connectivity index (χ1v) is 14.8. The number of anilines is 1. The van der Waals surface area contributed by atoms with Crippen molar-refractivity contribution in [3.05, 3.63) is 42.6 Å². The van der Waals surface area contributed by atoms with Crippen molar-refractivity contribution in [3.8, 4) is 11.4 Å². The second kappa shape index (κ2) is 7.76. The van der Waals surface area contributed by atoms with E-state index in [2.05, 4.69) is 50.7 Å². The summed E-state index contributed by atoms with van der Waals surface area (Å²) in [6, 6.07) is 7.31. The molecule has 0 atom stereocenters. The smallest absolute Gasteiger partial charge is 0.150 e. The lowest BCUT2D eigenvalue weighted by atomic mass is 9.85. The molecule has 0 radical (unpaired) electrons. The van der Waals surface area contributed by atoms with Gasteiger partial charge in [-0.3, -0.25) is 8.97 Å². The molecule has 1 fully saturated rings. The van der Waals surface area contributed by atoms with Crippen LogP contribution < -0.4 is 5.73 Å². The molecule has 0 saturated heterocycles. The van der Waals surface area contributed by atoms with Gasteiger partial charge < -0.3 is 10.5 Å². The lowest BCUT2D eigenvalue weighted by Crippen LogP contribution is -2.22. The van der Waals surface area contributed by atoms with Gasteiger partial charge in [0.2, 0.25) is 0 Å². The van der Waals surface area contributed by atoms with Crippen molar-refractivity contribution in [2.45, 2.75) is 57.6 Å². The fraction of sp³-hybridized carbons (Fsp3) is 0.435. The molecule has 8 heteroatoms. The molecular formula is C23H30N6OSi. The van der Waals surface area contributed by atoms with E-state index in [0.717, 1.165) is 46.4 Å². The molecule has 4 aromatic heterocycles. The zero-order chi connectivity index (χ0) is 21.6. The molecule has 2 N–H and O–H groups in total. The second-order valence-electron chi connectivity index (χ2n) is 9.70. The zero-order valence-electron chi connectivity index (χ0n) is 18.5. The number of nitrogens with two attached hydrogens (primary N) is 1. The molecule has 0 aromatic carbocycles. The van der Waals surface area contributed by atoms with Gasteiger partial charge in [-0.05, 0) is 37.1 Å². The standard InChI is InChI=1S/C23H30N6OSi/c1-31(2,3)13-12-30-15-29-18(14-17-8-5-9-26-22(17)29)19-20-21(24)25-10-11-28(20)23(27-19)16-6-4-7-16/h5,8-11,14,16H,4,6-7,12-13,15H2,1-3H3,(H2,24,25). The van der Waals surface area contributed by atoms with Gasteiger partial charge in [0.25, 0.3) is 0 Å². The van der Waals surface area contributed by atoms with Crippen molar-refractivity contribution in [2.24, 2.45) is 0 Å². The van der Waals surface area contributed by atoms with Crippen LogP contribution in [0.4, 0.5) is 5.82 Å². The molecule has 0 spiro atoms. The summed E-state index contributed by atoms with van der Waals surface area (Å²) in [7, 11) is -1.15. The molecule has 31 heavy (non-hydrogen) atoms. The van der Waals surface area contributed by atoms with Crippen molar-refractivity contribution < 1.29 is 4.74 Å². The number of imidazole rings is 1. The van der Waals surface area contributed by atoms with Gasteiger partial charge in [-0.15, -0.1) is 0 Å². The van der Waals surface area contributed by atoms with Crippen molar-refractivity contribution in [1.82, 2.24) is 23.9 Å². The summed E-state index contributed by atoms with van der Waals surface area (Å²) in [6.07, 6.45) is 9.16. The van der Waals surface area contributed by atoms with E-state index in [1.54, 1.807) is 6.20 Å². The lowest BCUT2D eigenvalue weighted by Gasteiger charge is -2.23. The summed E-state index contributed by atoms with van der Waals surface area (Å²) in [5.41, 5.74) is 9.97. The number of hydrogen-bond donors (Lipinski definition) is 1. The highest BCUT2D eigenvalue weighted by Gasteiger charge is 2.28. The van der Waals surface area contributed by atoms with Crippen LogP contribution in [0, 0.1) is 0 Å². The summed E-state index contributed by atoms with van der Waals surface area (Å²) in [5, 5.41) is 1.07. The summed E-state index contributed by atoms with van der Waals surface area (Å²) in [6.45, 7) is 8.29. The minimum absolute atomic E-state index is 0.443. The molecular weight excluding hydrogens is 404 g/mol. The zero-order valence-corrected chi connectivity index (χ0v) is 19.5. The predicted molar refractivity (Wildman–Crippen MR) is 127 cm³/mol. The van der Waals surface area contributed by atoms with Crippen LogP contribution in [0.2, 0.25) is 25.7 Å². The number of ether oxygens (including phenoxy) is 1. The van der Waals surface area contributed by atoms with E-state index in [4.69, 9.17) is 15.5 Å². The normalized spacial score (nSPS) is 15.1. The van der Waals surface area contributed by atoms with E-state index < -0.39 is 8.07 Å². The van der Waals surface area contributed by atoms with Gasteiger partial charge in [0, 0.05) is 44.6 Å². The number of fused-ring (bicyclic) bond motifs is 2. The number of nitrogen functional groups attached to an aromatic ring is 1. The van der Waals surface area contributed by atoms with E-state index in [9.17, 15) is 0 Å². The Morgan fingerprint density at radius 1 is 1.19 bits per heavy atom. The summed E-state index contributed by atoms with van der Waals surface area (Å²) >= 11 is 0. The molecule has 4 aromatic rings. The number of nitrogens with zero attached hydrogens (tertiary/aromatic N) is 5. The van der Waals surface area contributed by atoms with Crippen LogP contribution in [-0.2, 0) is 11.5 Å². The van der Waals surface area contributed by atoms with Gasteiger partial charge in [0.1, 0.15) is 35.2 Å². The largest absolute Gasteiger partial charge is 0.382 e. The SMILES string of the molecule is C[Si](C)(C)CCOCn1c(-c2nc(C3CCC3)n3ccnc(N)c23)cc2cccnc21. The van der Waals surface area contributed by atoms with Crippen LogP contribution in [-0.4, -0.2) is 38.6 Å². The number of aromatic nitrogens is 5. The van der Waals surface area contributed by atoms with Crippen LogP contribution >= 0.6 is 0 Å². The number of hydrogen-bond acceptors (Lipinski definition) is 5. The van der Waals surface area contributed by atoms with Gasteiger partial charge in [-0.25, -0.2) is 15.0 Å². The molecule has 0 unspecified atom stereocenters. The Morgan fingerprint density at radius 2 is 2.03 bits per heavy atom. The molecule has 5 rings (SSSR count). The average Bonchev–Trinajstić information content (AvgIpc) is 3.23. The molecule has 1 aliphatic carbocycles. The topological polar surface area (TPSA) is 83.3 Å². The fourth-order valence-electron chi connectivity index (χ4n) is 4.17. The Bertz CT molecular complexity index is 1230. The third kappa shape index (κ3) is 3.74. The maximum Gasteiger partial charge on any atom is 0.150 e. The first-order chi connectivity index (χ1) is 14.9. The first-order valence-electron chi connectivity index (χ1n) is 11.1. The van der Waals surface area contributed by atoms with Crippen LogP contribution in [0.5, 0.6) is 0 Å². The molecule has 0 bridgehead atoms. The second-order valence-corrected chi connectivity index (χ2v) is 15.3. The highest BCUT2D eigenvalue weighted by molar-refractivity contribution is 6.76. The highest BCUT2D eigenvalue weighted by Crippen LogP contribution is 2.40. The molecule has 4 heterocycles. The third-order valence-corrected chi connectivity index (χ3v) is 7.90. The predicted octanol–water partition coefficient (Wildman–Crippen LogP) is 4.91. The van der Waals surface area contributed by atoms with E-state index in [0.29, 0.717) is 18.5 Å². The number of rotatable bonds is 7. The highest BCUT2D eigenvalue weighted by atomic mass is 28.3. The van der Waals surface area contributed by atoms with Crippen molar-refractivity contribution in [3.63, 3.8) is 0 Å². The lowest BCUT2D eigenvalue weighted by molar-refractivity contribution is 0.0909. The maximum atomic E-state index is 6.36. The Kier molecular flexibility index (Phi) is 5.06. The summed E-state index contributed by atoms with van der Waals surface area (Å²) in [4.78, 5) is 14.1.